The molecule has 3 N–H and O–H groups in total. The number of nitrogens with zero attached hydrogens (tertiary/aromatic N) is 3. The minimum atomic E-state index is -0.291. The molecule has 2 aromatic heterocycles. The van der Waals surface area contributed by atoms with E-state index in [9.17, 15) is 4.79 Å². The van der Waals surface area contributed by atoms with Gasteiger partial charge in [-0.1, -0.05) is 0 Å². The largest absolute Gasteiger partial charge is 0.393 e. The number of aryl methyl sites for hydroxylation is 1. The second kappa shape index (κ2) is 2.99. The summed E-state index contributed by atoms with van der Waals surface area (Å²) in [5.41, 5.74) is 6.09. The van der Waals surface area contributed by atoms with Crippen molar-refractivity contribution in [3.05, 3.63) is 34.6 Å². The van der Waals surface area contributed by atoms with Gasteiger partial charge in [-0.15, -0.1) is 0 Å². The Morgan fingerprint density at radius 3 is 2.86 bits per heavy atom. The molecule has 0 aliphatic rings. The van der Waals surface area contributed by atoms with Gasteiger partial charge in [-0.2, -0.15) is 4.68 Å². The molecular weight excluding hydrogens is 182 g/mol. The van der Waals surface area contributed by atoms with Crippen LogP contribution in [0.3, 0.4) is 0 Å². The Hall–Kier alpha value is -2.11. The molecule has 2 heterocycles. The van der Waals surface area contributed by atoms with Gasteiger partial charge >= 0.3 is 0 Å². The highest BCUT2D eigenvalue weighted by atomic mass is 16.1. The zero-order chi connectivity index (χ0) is 10.1. The quantitative estimate of drug-likeness (QED) is 0.655. The Kier molecular flexibility index (Phi) is 1.81. The molecule has 0 saturated heterocycles. The average Bonchev–Trinajstić information content (AvgIpc) is 2.47. The van der Waals surface area contributed by atoms with Gasteiger partial charge in [0.2, 0.25) is 0 Å². The highest BCUT2D eigenvalue weighted by Gasteiger charge is 2.08. The Morgan fingerprint density at radius 1 is 1.57 bits per heavy atom. The molecule has 2 rings (SSSR count). The van der Waals surface area contributed by atoms with E-state index >= 15 is 0 Å². The number of hydrogen-bond donors (Lipinski definition) is 2. The summed E-state index contributed by atoms with van der Waals surface area (Å²) in [7, 11) is 0. The van der Waals surface area contributed by atoms with E-state index in [-0.39, 0.29) is 11.2 Å². The molecule has 0 aliphatic heterocycles. The first-order chi connectivity index (χ1) is 6.70. The minimum absolute atomic E-state index is 0.212. The lowest BCUT2D eigenvalue weighted by atomic mass is 10.4. The number of nitrogen functional groups attached to an aromatic ring is 1. The van der Waals surface area contributed by atoms with Gasteiger partial charge in [-0.05, 0) is 6.92 Å². The third kappa shape index (κ3) is 1.17. The van der Waals surface area contributed by atoms with Gasteiger partial charge in [0.25, 0.3) is 5.56 Å². The van der Waals surface area contributed by atoms with Crippen LogP contribution in [0.2, 0.25) is 0 Å². The van der Waals surface area contributed by atoms with Crippen LogP contribution in [0.4, 0.5) is 5.69 Å². The van der Waals surface area contributed by atoms with Gasteiger partial charge in [-0.25, -0.2) is 9.97 Å². The molecule has 72 valence electrons. The van der Waals surface area contributed by atoms with Crippen molar-refractivity contribution >= 4 is 5.69 Å². The fourth-order valence-corrected chi connectivity index (χ4v) is 1.14. The van der Waals surface area contributed by atoms with E-state index in [0.717, 1.165) is 0 Å². The molecule has 0 aliphatic carbocycles. The summed E-state index contributed by atoms with van der Waals surface area (Å²) >= 11 is 0. The monoisotopic (exact) mass is 191 g/mol. The lowest BCUT2D eigenvalue weighted by molar-refractivity contribution is 0.801. The van der Waals surface area contributed by atoms with Gasteiger partial charge in [0, 0.05) is 12.3 Å². The Balaban J connectivity index is 2.64. The Labute approximate surface area is 79.4 Å². The molecule has 0 amide bonds. The first-order valence-electron chi connectivity index (χ1n) is 4.03. The fourth-order valence-electron chi connectivity index (χ4n) is 1.14. The second-order valence-electron chi connectivity index (χ2n) is 2.86. The first-order valence-corrected chi connectivity index (χ1v) is 4.03. The third-order valence-corrected chi connectivity index (χ3v) is 1.91. The van der Waals surface area contributed by atoms with Crippen LogP contribution in [0.15, 0.2) is 23.4 Å². The van der Waals surface area contributed by atoms with E-state index < -0.39 is 0 Å². The predicted molar refractivity (Wildman–Crippen MR) is 51.1 cm³/mol. The van der Waals surface area contributed by atoms with Crippen molar-refractivity contribution in [2.75, 3.05) is 5.73 Å². The molecule has 0 radical (unpaired) electrons. The number of aromatic nitrogens is 4. The molecule has 0 unspecified atom stereocenters. The van der Waals surface area contributed by atoms with Crippen molar-refractivity contribution in [3.8, 4) is 5.82 Å². The van der Waals surface area contributed by atoms with Crippen molar-refractivity contribution in [1.82, 2.24) is 19.7 Å². The first kappa shape index (κ1) is 8.49. The molecule has 0 atom stereocenters. The van der Waals surface area contributed by atoms with Crippen LogP contribution in [0.5, 0.6) is 0 Å². The van der Waals surface area contributed by atoms with Crippen molar-refractivity contribution in [3.63, 3.8) is 0 Å². The van der Waals surface area contributed by atoms with E-state index in [1.807, 2.05) is 0 Å². The SMILES string of the molecule is Cc1[nH]n(-c2ccncn2)c(=O)c1N. The van der Waals surface area contributed by atoms with Gasteiger partial charge in [0.1, 0.15) is 12.0 Å². The van der Waals surface area contributed by atoms with Crippen molar-refractivity contribution in [2.45, 2.75) is 6.92 Å². The molecule has 14 heavy (non-hydrogen) atoms. The molecule has 6 heteroatoms. The third-order valence-electron chi connectivity index (χ3n) is 1.91. The van der Waals surface area contributed by atoms with Crippen LogP contribution >= 0.6 is 0 Å². The number of nitrogens with one attached hydrogen (secondary N) is 1. The van der Waals surface area contributed by atoms with Crippen LogP contribution in [0.1, 0.15) is 5.69 Å². The zero-order valence-corrected chi connectivity index (χ0v) is 7.56. The molecule has 0 saturated carbocycles. The second-order valence-corrected chi connectivity index (χ2v) is 2.86. The van der Waals surface area contributed by atoms with Crippen LogP contribution < -0.4 is 11.3 Å². The lowest BCUT2D eigenvalue weighted by Crippen LogP contribution is -2.17. The van der Waals surface area contributed by atoms with Crippen molar-refractivity contribution in [2.24, 2.45) is 0 Å². The Bertz CT molecular complexity index is 498. The predicted octanol–water partition coefficient (Wildman–Crippen LogP) is -0.154. The molecule has 2 aromatic rings. The Morgan fingerprint density at radius 2 is 2.36 bits per heavy atom. The minimum Gasteiger partial charge on any atom is -0.393 e. The number of hydrogen-bond acceptors (Lipinski definition) is 4. The summed E-state index contributed by atoms with van der Waals surface area (Å²) < 4.78 is 1.28. The highest BCUT2D eigenvalue weighted by molar-refractivity contribution is 5.41. The number of anilines is 1. The van der Waals surface area contributed by atoms with Gasteiger partial charge in [-0.3, -0.25) is 9.89 Å². The molecule has 6 nitrogen and oxygen atoms in total. The van der Waals surface area contributed by atoms with E-state index in [2.05, 4.69) is 15.1 Å². The summed E-state index contributed by atoms with van der Waals surface area (Å²) in [5, 5.41) is 2.82. The normalized spacial score (nSPS) is 10.4. The molecule has 0 spiro atoms. The maximum Gasteiger partial charge on any atom is 0.296 e. The van der Waals surface area contributed by atoms with Crippen LogP contribution in [0.25, 0.3) is 5.82 Å². The van der Waals surface area contributed by atoms with Crippen molar-refractivity contribution < 1.29 is 0 Å². The maximum absolute atomic E-state index is 11.5. The fraction of sp³-hybridized carbons (Fsp3) is 0.125. The molecule has 0 aromatic carbocycles. The van der Waals surface area contributed by atoms with E-state index in [1.54, 1.807) is 19.2 Å². The van der Waals surface area contributed by atoms with Gasteiger partial charge < -0.3 is 5.73 Å². The van der Waals surface area contributed by atoms with E-state index in [0.29, 0.717) is 11.5 Å². The highest BCUT2D eigenvalue weighted by Crippen LogP contribution is 2.03. The summed E-state index contributed by atoms with van der Waals surface area (Å²) in [6, 6.07) is 1.62. The van der Waals surface area contributed by atoms with E-state index in [4.69, 9.17) is 5.73 Å². The molecule has 0 fully saturated rings. The summed E-state index contributed by atoms with van der Waals surface area (Å²) in [6.07, 6.45) is 2.93. The van der Waals surface area contributed by atoms with Crippen LogP contribution in [-0.4, -0.2) is 19.7 Å². The average molecular weight is 191 g/mol. The molecular formula is C8H9N5O. The topological polar surface area (TPSA) is 89.6 Å². The summed E-state index contributed by atoms with van der Waals surface area (Å²) in [5.74, 6) is 0.477. The van der Waals surface area contributed by atoms with Crippen LogP contribution in [0, 0.1) is 6.92 Å². The lowest BCUT2D eigenvalue weighted by Gasteiger charge is -1.97. The number of rotatable bonds is 1. The van der Waals surface area contributed by atoms with Crippen molar-refractivity contribution in [1.29, 1.82) is 0 Å². The van der Waals surface area contributed by atoms with Crippen LogP contribution in [-0.2, 0) is 0 Å². The zero-order valence-electron chi connectivity index (χ0n) is 7.56. The van der Waals surface area contributed by atoms with E-state index in [1.165, 1.54) is 11.0 Å². The van der Waals surface area contributed by atoms with Gasteiger partial charge in [0.15, 0.2) is 5.82 Å². The standard InChI is InChI=1S/C8H9N5O/c1-5-7(9)8(14)13(12-5)6-2-3-10-4-11-6/h2-4,12H,9H2,1H3. The summed E-state index contributed by atoms with van der Waals surface area (Å²) in [6.45, 7) is 1.73. The smallest absolute Gasteiger partial charge is 0.296 e. The number of H-pyrrole nitrogens is 1. The summed E-state index contributed by atoms with van der Waals surface area (Å²) in [4.78, 5) is 19.2. The maximum atomic E-state index is 11.5. The number of nitrogens with two attached hydrogens (primary N) is 1. The van der Waals surface area contributed by atoms with Gasteiger partial charge in [0.05, 0.1) is 5.69 Å². The molecule has 0 bridgehead atoms. The number of aromatic amines is 1.